The minimum atomic E-state index is -0.536. The second-order valence-electron chi connectivity index (χ2n) is 9.70. The fourth-order valence-electron chi connectivity index (χ4n) is 5.32. The number of aryl methyl sites for hydroxylation is 1. The molecule has 0 radical (unpaired) electrons. The minimum Gasteiger partial charge on any atom is -0.471 e. The van der Waals surface area contributed by atoms with Crippen LogP contribution in [0.1, 0.15) is 56.0 Å². The Morgan fingerprint density at radius 1 is 1.03 bits per heavy atom. The smallest absolute Gasteiger partial charge is 0.268 e. The second-order valence-corrected chi connectivity index (χ2v) is 10.7. The van der Waals surface area contributed by atoms with Crippen LogP contribution < -0.4 is 20.4 Å². The Bertz CT molecular complexity index is 1310. The molecule has 0 aliphatic carbocycles. The van der Waals surface area contributed by atoms with E-state index in [4.69, 9.17) is 20.4 Å². The largest absolute Gasteiger partial charge is 0.471 e. The molecule has 1 amide bonds. The maximum absolute atomic E-state index is 12.6. The number of primary amides is 1. The summed E-state index contributed by atoms with van der Waals surface area (Å²) in [7, 11) is 0. The van der Waals surface area contributed by atoms with Gasteiger partial charge in [-0.1, -0.05) is 11.3 Å². The molecule has 6 heterocycles. The molecule has 2 N–H and O–H groups in total. The number of hydrogen-bond donors (Lipinski definition) is 1. The molecule has 0 bridgehead atoms. The molecule has 3 aliphatic heterocycles. The number of rotatable bonds is 5. The van der Waals surface area contributed by atoms with Gasteiger partial charge in [-0.3, -0.25) is 14.7 Å². The highest BCUT2D eigenvalue weighted by atomic mass is 32.1. The highest BCUT2D eigenvalue weighted by Crippen LogP contribution is 2.44. The summed E-state index contributed by atoms with van der Waals surface area (Å²) in [6, 6.07) is 6.00. The Hall–Kier alpha value is -3.40. The first-order valence-electron chi connectivity index (χ1n) is 12.8. The van der Waals surface area contributed by atoms with Crippen LogP contribution in [0.3, 0.4) is 0 Å². The molecular weight excluding hydrogens is 474 g/mol. The number of anilines is 3. The van der Waals surface area contributed by atoms with Gasteiger partial charge >= 0.3 is 0 Å². The van der Waals surface area contributed by atoms with E-state index in [2.05, 4.69) is 20.9 Å². The van der Waals surface area contributed by atoms with Crippen molar-refractivity contribution >= 4 is 44.2 Å². The van der Waals surface area contributed by atoms with Crippen LogP contribution in [0.4, 0.5) is 16.6 Å². The molecule has 36 heavy (non-hydrogen) atoms. The summed E-state index contributed by atoms with van der Waals surface area (Å²) in [6.07, 6.45) is 9.78. The molecule has 3 aromatic heterocycles. The lowest BCUT2D eigenvalue weighted by Gasteiger charge is -2.34. The van der Waals surface area contributed by atoms with Crippen molar-refractivity contribution in [3.63, 3.8) is 0 Å². The zero-order valence-electron chi connectivity index (χ0n) is 20.5. The molecule has 6 rings (SSSR count). The fraction of sp³-hybridized carbons (Fsp3) is 0.462. The number of hydrogen-bond acceptors (Lipinski definition) is 9. The van der Waals surface area contributed by atoms with Crippen molar-refractivity contribution in [1.29, 1.82) is 0 Å². The van der Waals surface area contributed by atoms with Crippen LogP contribution in [-0.4, -0.2) is 47.0 Å². The van der Waals surface area contributed by atoms with Crippen LogP contribution in [0, 0.1) is 6.92 Å². The summed E-state index contributed by atoms with van der Waals surface area (Å²) >= 11 is 1.66. The first kappa shape index (κ1) is 23.0. The van der Waals surface area contributed by atoms with Gasteiger partial charge in [0, 0.05) is 43.6 Å². The normalized spacial score (nSPS) is 20.5. The van der Waals surface area contributed by atoms with Crippen LogP contribution in [0.5, 0.6) is 0 Å². The monoisotopic (exact) mass is 505 g/mol. The Kier molecular flexibility index (Phi) is 6.12. The molecule has 10 heteroatoms. The SMILES string of the molecule is Cc1cc(C2OC=C(C(N)=O)N2c2cc3sc(N4CCCCC4)nc3nc2N2CCCCC2)ccn1. The van der Waals surface area contributed by atoms with Gasteiger partial charge in [0.15, 0.2) is 16.6 Å². The molecule has 2 fully saturated rings. The summed E-state index contributed by atoms with van der Waals surface area (Å²) in [5, 5.41) is 1.02. The molecule has 2 saturated heterocycles. The predicted octanol–water partition coefficient (Wildman–Crippen LogP) is 4.24. The molecule has 0 spiro atoms. The zero-order valence-corrected chi connectivity index (χ0v) is 21.3. The Morgan fingerprint density at radius 2 is 1.75 bits per heavy atom. The Balaban J connectivity index is 1.49. The summed E-state index contributed by atoms with van der Waals surface area (Å²) < 4.78 is 7.05. The van der Waals surface area contributed by atoms with Crippen LogP contribution >= 0.6 is 11.3 Å². The van der Waals surface area contributed by atoms with Gasteiger partial charge in [0.05, 0.1) is 10.4 Å². The van der Waals surface area contributed by atoms with Crippen molar-refractivity contribution < 1.29 is 9.53 Å². The average Bonchev–Trinajstić information content (AvgIpc) is 3.53. The number of thiazole rings is 1. The fourth-order valence-corrected chi connectivity index (χ4v) is 6.32. The second kappa shape index (κ2) is 9.57. The van der Waals surface area contributed by atoms with Crippen molar-refractivity contribution in [3.8, 4) is 0 Å². The molecule has 0 aromatic carbocycles. The third-order valence-corrected chi connectivity index (χ3v) is 8.19. The summed E-state index contributed by atoms with van der Waals surface area (Å²) in [6.45, 7) is 5.83. The van der Waals surface area contributed by atoms with E-state index in [1.54, 1.807) is 17.5 Å². The predicted molar refractivity (Wildman–Crippen MR) is 142 cm³/mol. The van der Waals surface area contributed by atoms with Crippen LogP contribution in [0.2, 0.25) is 0 Å². The standard InChI is InChI=1S/C26H31N7O2S/c1-17-14-18(8-9-28-17)25-33(20(16-35-25)22(27)34)19-15-21-23(29-24(19)31-10-4-2-5-11-31)30-26(36-21)32-12-6-3-7-13-32/h8-9,14-16,25H,2-7,10-13H2,1H3,(H2,27,34). The maximum atomic E-state index is 12.6. The number of piperidine rings is 2. The van der Waals surface area contributed by atoms with Gasteiger partial charge < -0.3 is 20.3 Å². The van der Waals surface area contributed by atoms with Crippen LogP contribution in [0.25, 0.3) is 10.3 Å². The van der Waals surface area contributed by atoms with Gasteiger partial charge in [0.1, 0.15) is 12.0 Å². The van der Waals surface area contributed by atoms with E-state index >= 15 is 0 Å². The molecule has 188 valence electrons. The minimum absolute atomic E-state index is 0.314. The summed E-state index contributed by atoms with van der Waals surface area (Å²) in [4.78, 5) is 33.5. The topological polar surface area (TPSA) is 101 Å². The lowest BCUT2D eigenvalue weighted by molar-refractivity contribution is -0.114. The molecule has 3 aliphatic rings. The van der Waals surface area contributed by atoms with E-state index < -0.39 is 12.1 Å². The number of aromatic nitrogens is 3. The Labute approximate surface area is 214 Å². The van der Waals surface area contributed by atoms with Gasteiger partial charge in [0.2, 0.25) is 6.23 Å². The van der Waals surface area contributed by atoms with Crippen LogP contribution in [-0.2, 0) is 9.53 Å². The number of carbonyl (C=O) groups excluding carboxylic acids is 1. The average molecular weight is 506 g/mol. The molecule has 9 nitrogen and oxygen atoms in total. The number of ether oxygens (including phenoxy) is 1. The molecular formula is C26H31N7O2S. The Morgan fingerprint density at radius 3 is 2.44 bits per heavy atom. The number of fused-ring (bicyclic) bond motifs is 1. The molecule has 1 atom stereocenters. The third-order valence-electron chi connectivity index (χ3n) is 7.13. The van der Waals surface area contributed by atoms with E-state index in [9.17, 15) is 4.79 Å². The van der Waals surface area contributed by atoms with E-state index in [0.717, 1.165) is 77.3 Å². The van der Waals surface area contributed by atoms with E-state index in [1.165, 1.54) is 31.9 Å². The number of pyridine rings is 2. The van der Waals surface area contributed by atoms with Crippen molar-refractivity contribution in [2.45, 2.75) is 51.7 Å². The van der Waals surface area contributed by atoms with Gasteiger partial charge in [-0.05, 0) is 63.6 Å². The molecule has 3 aromatic rings. The highest BCUT2D eigenvalue weighted by molar-refractivity contribution is 7.22. The lowest BCUT2D eigenvalue weighted by atomic mass is 10.1. The number of nitrogens with zero attached hydrogens (tertiary/aromatic N) is 6. The summed E-state index contributed by atoms with van der Waals surface area (Å²) in [5.74, 6) is 0.289. The number of amides is 1. The van der Waals surface area contributed by atoms with Crippen molar-refractivity contribution in [3.05, 3.63) is 47.6 Å². The van der Waals surface area contributed by atoms with E-state index in [0.29, 0.717) is 5.70 Å². The zero-order chi connectivity index (χ0) is 24.6. The van der Waals surface area contributed by atoms with Crippen molar-refractivity contribution in [1.82, 2.24) is 15.0 Å². The van der Waals surface area contributed by atoms with Gasteiger partial charge in [-0.15, -0.1) is 0 Å². The molecule has 1 unspecified atom stereocenters. The highest BCUT2D eigenvalue weighted by Gasteiger charge is 2.37. The first-order valence-corrected chi connectivity index (χ1v) is 13.6. The van der Waals surface area contributed by atoms with Gasteiger partial charge in [-0.2, -0.15) is 4.98 Å². The third kappa shape index (κ3) is 4.23. The lowest BCUT2D eigenvalue weighted by Crippen LogP contribution is -2.35. The summed E-state index contributed by atoms with van der Waals surface area (Å²) in [5.41, 5.74) is 9.51. The number of nitrogens with two attached hydrogens (primary N) is 1. The van der Waals surface area contributed by atoms with Gasteiger partial charge in [0.25, 0.3) is 5.91 Å². The van der Waals surface area contributed by atoms with E-state index in [-0.39, 0.29) is 0 Å². The number of carbonyl (C=O) groups is 1. The van der Waals surface area contributed by atoms with E-state index in [1.807, 2.05) is 24.0 Å². The van der Waals surface area contributed by atoms with Crippen molar-refractivity contribution in [2.75, 3.05) is 40.9 Å². The van der Waals surface area contributed by atoms with Gasteiger partial charge in [-0.25, -0.2) is 4.98 Å². The maximum Gasteiger partial charge on any atom is 0.268 e. The quantitative estimate of drug-likeness (QED) is 0.550. The first-order chi connectivity index (χ1) is 17.6. The van der Waals surface area contributed by atoms with Crippen molar-refractivity contribution in [2.24, 2.45) is 5.73 Å². The van der Waals surface area contributed by atoms with Crippen LogP contribution in [0.15, 0.2) is 36.4 Å². The molecule has 0 saturated carbocycles.